The normalized spacial score (nSPS) is 15.0. The van der Waals surface area contributed by atoms with Crippen LogP contribution in [-0.4, -0.2) is 39.3 Å². The second kappa shape index (κ2) is 8.45. The predicted octanol–water partition coefficient (Wildman–Crippen LogP) is 4.88. The maximum atomic E-state index is 12.9. The van der Waals surface area contributed by atoms with E-state index in [1.165, 1.54) is 5.56 Å². The van der Waals surface area contributed by atoms with Crippen LogP contribution in [0.4, 0.5) is 5.69 Å². The molecule has 29 heavy (non-hydrogen) atoms. The van der Waals surface area contributed by atoms with Gasteiger partial charge in [-0.1, -0.05) is 26.0 Å². The van der Waals surface area contributed by atoms with Crippen LogP contribution in [0.5, 0.6) is 5.75 Å². The number of benzene rings is 1. The van der Waals surface area contributed by atoms with Gasteiger partial charge >= 0.3 is 0 Å². The van der Waals surface area contributed by atoms with Crippen LogP contribution in [-0.2, 0) is 0 Å². The quantitative estimate of drug-likeness (QED) is 0.649. The number of hydrogen-bond donors (Lipinski definition) is 1. The number of anilines is 1. The van der Waals surface area contributed by atoms with Gasteiger partial charge in [-0.3, -0.25) is 4.79 Å². The van der Waals surface area contributed by atoms with Crippen LogP contribution in [0, 0.1) is 0 Å². The van der Waals surface area contributed by atoms with Gasteiger partial charge < -0.3 is 10.1 Å². The summed E-state index contributed by atoms with van der Waals surface area (Å²) in [6.45, 7) is 4.29. The number of methoxy groups -OCH3 is 1. The molecule has 1 aliphatic rings. The molecule has 152 valence electrons. The maximum Gasteiger partial charge on any atom is 0.261 e. The summed E-state index contributed by atoms with van der Waals surface area (Å²) in [4.78, 5) is 17.5. The fourth-order valence-corrected chi connectivity index (χ4v) is 4.78. The minimum atomic E-state index is -0.240. The molecular formula is C22H26N4O2S. The molecule has 0 unspecified atom stereocenters. The second-order valence-electron chi connectivity index (χ2n) is 7.61. The first-order valence-corrected chi connectivity index (χ1v) is 11.1. The van der Waals surface area contributed by atoms with Crippen molar-refractivity contribution in [1.29, 1.82) is 0 Å². The largest absolute Gasteiger partial charge is 0.495 e. The number of aromatic nitrogens is 3. The fourth-order valence-electron chi connectivity index (χ4n) is 3.70. The van der Waals surface area contributed by atoms with E-state index in [4.69, 9.17) is 4.74 Å². The number of ether oxygens (including phenoxy) is 1. The van der Waals surface area contributed by atoms with E-state index in [1.807, 2.05) is 40.7 Å². The van der Waals surface area contributed by atoms with Crippen LogP contribution in [0.3, 0.4) is 0 Å². The number of nitrogens with zero attached hydrogens (tertiary/aromatic N) is 3. The summed E-state index contributed by atoms with van der Waals surface area (Å²) < 4.78 is 7.60. The van der Waals surface area contributed by atoms with E-state index in [-0.39, 0.29) is 5.91 Å². The summed E-state index contributed by atoms with van der Waals surface area (Å²) in [6.07, 6.45) is 5.52. The lowest BCUT2D eigenvalue weighted by Crippen LogP contribution is -2.17. The van der Waals surface area contributed by atoms with Gasteiger partial charge in [0.1, 0.15) is 11.3 Å². The van der Waals surface area contributed by atoms with Crippen LogP contribution in [0.1, 0.15) is 54.6 Å². The lowest BCUT2D eigenvalue weighted by molar-refractivity contribution is 0.102. The molecular weight excluding hydrogens is 384 g/mol. The van der Waals surface area contributed by atoms with Crippen molar-refractivity contribution < 1.29 is 9.53 Å². The van der Waals surface area contributed by atoms with Crippen molar-refractivity contribution in [1.82, 2.24) is 14.8 Å². The van der Waals surface area contributed by atoms with Crippen LogP contribution < -0.4 is 10.1 Å². The smallest absolute Gasteiger partial charge is 0.261 e. The molecule has 1 saturated heterocycles. The van der Waals surface area contributed by atoms with Gasteiger partial charge in [-0.2, -0.15) is 16.9 Å². The Morgan fingerprint density at radius 2 is 1.93 bits per heavy atom. The van der Waals surface area contributed by atoms with E-state index >= 15 is 0 Å². The number of pyridine rings is 1. The zero-order chi connectivity index (χ0) is 20.4. The highest BCUT2D eigenvalue weighted by Gasteiger charge is 2.23. The first-order chi connectivity index (χ1) is 14.1. The van der Waals surface area contributed by atoms with E-state index < -0.39 is 0 Å². The van der Waals surface area contributed by atoms with Crippen molar-refractivity contribution in [2.75, 3.05) is 23.9 Å². The molecule has 3 aromatic rings. The molecule has 2 aromatic heterocycles. The van der Waals surface area contributed by atoms with Crippen LogP contribution in [0.15, 0.2) is 36.7 Å². The van der Waals surface area contributed by atoms with Gasteiger partial charge in [-0.15, -0.1) is 0 Å². The number of carbonyl (C=O) groups excluding carboxylic acids is 1. The molecule has 0 aliphatic carbocycles. The summed E-state index contributed by atoms with van der Waals surface area (Å²) in [6, 6.07) is 8.26. The van der Waals surface area contributed by atoms with Gasteiger partial charge in [0.2, 0.25) is 0 Å². The monoisotopic (exact) mass is 410 g/mol. The first-order valence-electron chi connectivity index (χ1n) is 9.97. The van der Waals surface area contributed by atoms with Crippen molar-refractivity contribution in [3.63, 3.8) is 0 Å². The standard InChI is InChI=1S/C22H26N4O2S/c1-14(2)15-4-6-16(7-5-15)25-22(27)19-12-23-21-18(20(19)28-3)13-24-26(21)17-8-10-29-11-9-17/h4-7,12-14,17H,8-11H2,1-3H3,(H,25,27). The average molecular weight is 411 g/mol. The van der Waals surface area contributed by atoms with Gasteiger partial charge in [0.25, 0.3) is 5.91 Å². The Bertz CT molecular complexity index is 1010. The van der Waals surface area contributed by atoms with Gasteiger partial charge in [0.15, 0.2) is 5.65 Å². The molecule has 4 rings (SSSR count). The number of carbonyl (C=O) groups is 1. The van der Waals surface area contributed by atoms with Crippen LogP contribution >= 0.6 is 11.8 Å². The number of amides is 1. The van der Waals surface area contributed by atoms with Crippen molar-refractivity contribution in [3.8, 4) is 5.75 Å². The number of fused-ring (bicyclic) bond motifs is 1. The third-order valence-corrected chi connectivity index (χ3v) is 6.44. The van der Waals surface area contributed by atoms with Crippen LogP contribution in [0.2, 0.25) is 0 Å². The molecule has 0 spiro atoms. The molecule has 0 bridgehead atoms. The van der Waals surface area contributed by atoms with Gasteiger partial charge in [0.05, 0.1) is 24.7 Å². The Balaban J connectivity index is 1.62. The van der Waals surface area contributed by atoms with E-state index in [9.17, 15) is 4.79 Å². The highest BCUT2D eigenvalue weighted by molar-refractivity contribution is 7.99. The molecule has 1 fully saturated rings. The summed E-state index contributed by atoms with van der Waals surface area (Å²) >= 11 is 1.98. The van der Waals surface area contributed by atoms with Crippen molar-refractivity contribution in [3.05, 3.63) is 47.8 Å². The second-order valence-corrected chi connectivity index (χ2v) is 8.83. The maximum absolute atomic E-state index is 12.9. The summed E-state index contributed by atoms with van der Waals surface area (Å²) in [5.41, 5.74) is 3.16. The van der Waals surface area contributed by atoms with Gasteiger partial charge in [0, 0.05) is 11.9 Å². The zero-order valence-electron chi connectivity index (χ0n) is 17.0. The van der Waals surface area contributed by atoms with Crippen LogP contribution in [0.25, 0.3) is 11.0 Å². The molecule has 1 amide bonds. The molecule has 0 radical (unpaired) electrons. The minimum Gasteiger partial charge on any atom is -0.495 e. The Morgan fingerprint density at radius 1 is 1.21 bits per heavy atom. The van der Waals surface area contributed by atoms with Gasteiger partial charge in [-0.05, 0) is 48.0 Å². The molecule has 7 heteroatoms. The lowest BCUT2D eigenvalue weighted by atomic mass is 10.0. The predicted molar refractivity (Wildman–Crippen MR) is 118 cm³/mol. The Morgan fingerprint density at radius 3 is 2.59 bits per heavy atom. The highest BCUT2D eigenvalue weighted by Crippen LogP contribution is 2.33. The van der Waals surface area contributed by atoms with E-state index in [1.54, 1.807) is 19.5 Å². The van der Waals surface area contributed by atoms with Crippen molar-refractivity contribution >= 4 is 34.4 Å². The molecule has 1 aliphatic heterocycles. The fraction of sp³-hybridized carbons (Fsp3) is 0.409. The third kappa shape index (κ3) is 3.96. The third-order valence-electron chi connectivity index (χ3n) is 5.39. The van der Waals surface area contributed by atoms with E-state index in [2.05, 4.69) is 29.2 Å². The molecule has 1 N–H and O–H groups in total. The van der Waals surface area contributed by atoms with Crippen molar-refractivity contribution in [2.24, 2.45) is 0 Å². The first kappa shape index (κ1) is 19.8. The SMILES string of the molecule is COc1c(C(=O)Nc2ccc(C(C)C)cc2)cnc2c1cnn2C1CCSCC1. The Hall–Kier alpha value is -2.54. The summed E-state index contributed by atoms with van der Waals surface area (Å²) in [7, 11) is 1.58. The number of rotatable bonds is 5. The molecule has 0 saturated carbocycles. The summed E-state index contributed by atoms with van der Waals surface area (Å²) in [5, 5.41) is 8.29. The molecule has 1 aromatic carbocycles. The van der Waals surface area contributed by atoms with E-state index in [0.717, 1.165) is 41.1 Å². The van der Waals surface area contributed by atoms with Gasteiger partial charge in [-0.25, -0.2) is 9.67 Å². The number of hydrogen-bond acceptors (Lipinski definition) is 5. The number of thioether (sulfide) groups is 1. The molecule has 6 nitrogen and oxygen atoms in total. The number of nitrogens with one attached hydrogen (secondary N) is 1. The Kier molecular flexibility index (Phi) is 5.76. The lowest BCUT2D eigenvalue weighted by Gasteiger charge is -2.22. The Labute approximate surface area is 175 Å². The average Bonchev–Trinajstić information content (AvgIpc) is 3.18. The molecule has 0 atom stereocenters. The summed E-state index contributed by atoms with van der Waals surface area (Å²) in [5.74, 6) is 3.00. The van der Waals surface area contributed by atoms with E-state index in [0.29, 0.717) is 23.3 Å². The topological polar surface area (TPSA) is 69.0 Å². The molecule has 3 heterocycles. The minimum absolute atomic E-state index is 0.240. The zero-order valence-corrected chi connectivity index (χ0v) is 17.8. The van der Waals surface area contributed by atoms with Crippen molar-refractivity contribution in [2.45, 2.75) is 38.6 Å². The highest BCUT2D eigenvalue weighted by atomic mass is 32.2.